The molecule has 6 nitrogen and oxygen atoms in total. The molecule has 24 heavy (non-hydrogen) atoms. The van der Waals surface area contributed by atoms with Crippen molar-refractivity contribution in [1.29, 1.82) is 0 Å². The average molecular weight is 331 g/mol. The Morgan fingerprint density at radius 1 is 1.33 bits per heavy atom. The van der Waals surface area contributed by atoms with Gasteiger partial charge in [-0.2, -0.15) is 0 Å². The molecule has 2 rings (SSSR count). The zero-order valence-electron chi connectivity index (χ0n) is 14.0. The minimum absolute atomic E-state index is 0.0755. The van der Waals surface area contributed by atoms with Crippen LogP contribution in [0.25, 0.3) is 0 Å². The standard InChI is InChI=1S/C18H21NO5/c1-4-24-16(21)10-13(12-7-5-6-8-15(12)23-3)17-14(20)9-11(2)19-18(17)22/h5-9,13H,4,10H2,1-3H3,(H2,19,20,22). The number of nitrogens with one attached hydrogen (secondary N) is 1. The summed E-state index contributed by atoms with van der Waals surface area (Å²) >= 11 is 0. The van der Waals surface area contributed by atoms with Crippen LogP contribution in [0.3, 0.4) is 0 Å². The molecule has 1 aromatic heterocycles. The zero-order chi connectivity index (χ0) is 17.7. The van der Waals surface area contributed by atoms with E-state index in [9.17, 15) is 14.7 Å². The number of aromatic nitrogens is 1. The Kier molecular flexibility index (Phi) is 5.63. The lowest BCUT2D eigenvalue weighted by Crippen LogP contribution is -2.21. The summed E-state index contributed by atoms with van der Waals surface area (Å²) in [7, 11) is 1.51. The molecule has 2 N–H and O–H groups in total. The lowest BCUT2D eigenvalue weighted by molar-refractivity contribution is -0.143. The predicted molar refractivity (Wildman–Crippen MR) is 89.6 cm³/mol. The van der Waals surface area contributed by atoms with Gasteiger partial charge in [-0.3, -0.25) is 9.59 Å². The summed E-state index contributed by atoms with van der Waals surface area (Å²) in [4.78, 5) is 27.1. The molecule has 0 aliphatic carbocycles. The number of aromatic amines is 1. The molecule has 0 amide bonds. The molecule has 0 saturated carbocycles. The number of methoxy groups -OCH3 is 1. The Bertz CT molecular complexity index is 781. The third kappa shape index (κ3) is 3.76. The number of esters is 1. The van der Waals surface area contributed by atoms with Gasteiger partial charge < -0.3 is 19.6 Å². The lowest BCUT2D eigenvalue weighted by atomic mass is 9.88. The third-order valence-electron chi connectivity index (χ3n) is 3.72. The van der Waals surface area contributed by atoms with Gasteiger partial charge in [0.15, 0.2) is 0 Å². The Labute approximate surface area is 140 Å². The molecule has 0 aliphatic heterocycles. The van der Waals surface area contributed by atoms with Crippen LogP contribution in [0.5, 0.6) is 11.5 Å². The van der Waals surface area contributed by atoms with E-state index in [1.165, 1.54) is 13.2 Å². The smallest absolute Gasteiger partial charge is 0.306 e. The van der Waals surface area contributed by atoms with Crippen molar-refractivity contribution in [2.24, 2.45) is 0 Å². The van der Waals surface area contributed by atoms with Crippen LogP contribution in [-0.2, 0) is 9.53 Å². The first-order chi connectivity index (χ1) is 11.5. The number of ether oxygens (including phenoxy) is 2. The maximum Gasteiger partial charge on any atom is 0.306 e. The van der Waals surface area contributed by atoms with Crippen LogP contribution in [0.4, 0.5) is 0 Å². The lowest BCUT2D eigenvalue weighted by Gasteiger charge is -2.20. The Morgan fingerprint density at radius 3 is 2.67 bits per heavy atom. The van der Waals surface area contributed by atoms with E-state index in [0.29, 0.717) is 17.0 Å². The summed E-state index contributed by atoms with van der Waals surface area (Å²) in [6, 6.07) is 8.55. The fourth-order valence-electron chi connectivity index (χ4n) is 2.73. The third-order valence-corrected chi connectivity index (χ3v) is 3.72. The van der Waals surface area contributed by atoms with Gasteiger partial charge >= 0.3 is 5.97 Å². The van der Waals surface area contributed by atoms with Crippen molar-refractivity contribution < 1.29 is 19.4 Å². The summed E-state index contributed by atoms with van der Waals surface area (Å²) in [5.74, 6) is -0.750. The van der Waals surface area contributed by atoms with E-state index < -0.39 is 17.4 Å². The van der Waals surface area contributed by atoms with Gasteiger partial charge in [0, 0.05) is 17.2 Å². The summed E-state index contributed by atoms with van der Waals surface area (Å²) in [6.45, 7) is 3.63. The van der Waals surface area contributed by atoms with Crippen LogP contribution in [-0.4, -0.2) is 29.8 Å². The summed E-state index contributed by atoms with van der Waals surface area (Å²) < 4.78 is 10.4. The van der Waals surface area contributed by atoms with Crippen LogP contribution in [0.2, 0.25) is 0 Å². The molecule has 0 bridgehead atoms. The van der Waals surface area contributed by atoms with Gasteiger partial charge in [-0.1, -0.05) is 18.2 Å². The topological polar surface area (TPSA) is 88.6 Å². The number of H-pyrrole nitrogens is 1. The minimum Gasteiger partial charge on any atom is -0.507 e. The molecule has 1 unspecified atom stereocenters. The molecule has 0 saturated heterocycles. The van der Waals surface area contributed by atoms with Crippen molar-refractivity contribution >= 4 is 5.97 Å². The predicted octanol–water partition coefficient (Wildman–Crippen LogP) is 2.48. The van der Waals surface area contributed by atoms with E-state index in [1.807, 2.05) is 0 Å². The van der Waals surface area contributed by atoms with Crippen molar-refractivity contribution in [3.63, 3.8) is 0 Å². The molecule has 0 aliphatic rings. The summed E-state index contributed by atoms with van der Waals surface area (Å²) in [5, 5.41) is 10.3. The van der Waals surface area contributed by atoms with Gasteiger partial charge in [0.25, 0.3) is 5.56 Å². The number of rotatable bonds is 6. The number of hydrogen-bond acceptors (Lipinski definition) is 5. The van der Waals surface area contributed by atoms with Crippen LogP contribution in [0.1, 0.15) is 36.1 Å². The monoisotopic (exact) mass is 331 g/mol. The van der Waals surface area contributed by atoms with Gasteiger partial charge in [0.1, 0.15) is 11.5 Å². The molecule has 0 fully saturated rings. The van der Waals surface area contributed by atoms with E-state index in [4.69, 9.17) is 9.47 Å². The number of hydrogen-bond donors (Lipinski definition) is 2. The number of carbonyl (C=O) groups is 1. The van der Waals surface area contributed by atoms with E-state index in [2.05, 4.69) is 4.98 Å². The quantitative estimate of drug-likeness (QED) is 0.794. The number of aryl methyl sites for hydroxylation is 1. The highest BCUT2D eigenvalue weighted by Gasteiger charge is 2.27. The van der Waals surface area contributed by atoms with Crippen LogP contribution < -0.4 is 10.3 Å². The highest BCUT2D eigenvalue weighted by molar-refractivity contribution is 5.72. The van der Waals surface area contributed by atoms with Gasteiger partial charge in [0.2, 0.25) is 0 Å². The first-order valence-electron chi connectivity index (χ1n) is 7.69. The van der Waals surface area contributed by atoms with Crippen LogP contribution >= 0.6 is 0 Å². The SMILES string of the molecule is CCOC(=O)CC(c1ccccc1OC)c1c(O)cc(C)[nH]c1=O. The molecule has 1 heterocycles. The van der Waals surface area contributed by atoms with E-state index in [-0.39, 0.29) is 24.3 Å². The summed E-state index contributed by atoms with van der Waals surface area (Å²) in [5.41, 5.74) is 0.861. The molecular formula is C18H21NO5. The van der Waals surface area contributed by atoms with Crippen molar-refractivity contribution in [1.82, 2.24) is 4.98 Å². The minimum atomic E-state index is -0.676. The first-order valence-corrected chi connectivity index (χ1v) is 7.69. The molecular weight excluding hydrogens is 310 g/mol. The second-order valence-electron chi connectivity index (χ2n) is 5.38. The fraction of sp³-hybridized carbons (Fsp3) is 0.333. The first kappa shape index (κ1) is 17.6. The number of pyridine rings is 1. The van der Waals surface area contributed by atoms with Gasteiger partial charge in [-0.25, -0.2) is 0 Å². The Hall–Kier alpha value is -2.76. The number of carbonyl (C=O) groups excluding carboxylic acids is 1. The number of aromatic hydroxyl groups is 1. The Morgan fingerprint density at radius 2 is 2.04 bits per heavy atom. The van der Waals surface area contributed by atoms with E-state index in [0.717, 1.165) is 0 Å². The van der Waals surface area contributed by atoms with Crippen molar-refractivity contribution in [3.05, 3.63) is 57.5 Å². The second kappa shape index (κ2) is 7.68. The highest BCUT2D eigenvalue weighted by atomic mass is 16.5. The molecule has 2 aromatic rings. The van der Waals surface area contributed by atoms with Crippen molar-refractivity contribution in [2.75, 3.05) is 13.7 Å². The molecule has 1 atom stereocenters. The maximum atomic E-state index is 12.4. The molecule has 0 radical (unpaired) electrons. The van der Waals surface area contributed by atoms with Crippen molar-refractivity contribution in [3.8, 4) is 11.5 Å². The zero-order valence-corrected chi connectivity index (χ0v) is 14.0. The van der Waals surface area contributed by atoms with Crippen LogP contribution in [0.15, 0.2) is 35.1 Å². The molecule has 1 aromatic carbocycles. The van der Waals surface area contributed by atoms with Gasteiger partial charge in [-0.05, 0) is 26.0 Å². The summed E-state index contributed by atoms with van der Waals surface area (Å²) in [6.07, 6.45) is -0.0755. The molecule has 128 valence electrons. The van der Waals surface area contributed by atoms with E-state index >= 15 is 0 Å². The van der Waals surface area contributed by atoms with E-state index in [1.54, 1.807) is 38.1 Å². The fourth-order valence-corrected chi connectivity index (χ4v) is 2.73. The van der Waals surface area contributed by atoms with Gasteiger partial charge in [0.05, 0.1) is 25.7 Å². The normalized spacial score (nSPS) is 11.8. The van der Waals surface area contributed by atoms with Crippen molar-refractivity contribution in [2.45, 2.75) is 26.2 Å². The largest absolute Gasteiger partial charge is 0.507 e. The van der Waals surface area contributed by atoms with Gasteiger partial charge in [-0.15, -0.1) is 0 Å². The molecule has 0 spiro atoms. The number of para-hydroxylation sites is 1. The maximum absolute atomic E-state index is 12.4. The van der Waals surface area contributed by atoms with Crippen LogP contribution in [0, 0.1) is 6.92 Å². The number of benzene rings is 1. The second-order valence-corrected chi connectivity index (χ2v) is 5.38. The molecule has 6 heteroatoms. The highest BCUT2D eigenvalue weighted by Crippen LogP contribution is 2.36. The average Bonchev–Trinajstić information content (AvgIpc) is 2.53. The Balaban J connectivity index is 2.60.